The molecule has 0 heterocycles. The summed E-state index contributed by atoms with van der Waals surface area (Å²) in [4.78, 5) is 10.2. The van der Waals surface area contributed by atoms with Gasteiger partial charge in [-0.25, -0.2) is 0 Å². The van der Waals surface area contributed by atoms with Crippen LogP contribution in [0.5, 0.6) is 0 Å². The third kappa shape index (κ3) is 2.33. The first-order valence-electron chi connectivity index (χ1n) is 2.82. The zero-order valence-electron chi connectivity index (χ0n) is 4.98. The van der Waals surface area contributed by atoms with Crippen molar-refractivity contribution in [2.45, 2.75) is 23.7 Å². The molecule has 0 atom stereocenters. The Morgan fingerprint density at radius 1 is 1.40 bits per heavy atom. The fourth-order valence-corrected chi connectivity index (χ4v) is 2.30. The van der Waals surface area contributed by atoms with E-state index in [1.807, 2.05) is 0 Å². The molecule has 0 aliphatic heterocycles. The average Bonchev–Trinajstić information content (AvgIpc) is 2.47. The van der Waals surface area contributed by atoms with Crippen LogP contribution >= 0.6 is 0 Å². The number of hydrogen-bond acceptors (Lipinski definition) is 1. The molecule has 0 aromatic heterocycles. The molecule has 0 bridgehead atoms. The summed E-state index contributed by atoms with van der Waals surface area (Å²) >= 11 is -1.10. The maximum atomic E-state index is 11.5. The molecule has 10 heavy (non-hydrogen) atoms. The summed E-state index contributed by atoms with van der Waals surface area (Å²) in [5, 5.41) is 0. The molecule has 0 amide bonds. The van der Waals surface area contributed by atoms with E-state index in [2.05, 4.69) is 0 Å². The van der Waals surface area contributed by atoms with Gasteiger partial charge in [-0.15, -0.1) is 0 Å². The van der Waals surface area contributed by atoms with Crippen LogP contribution in [-0.2, 0) is 4.79 Å². The fourth-order valence-electron chi connectivity index (χ4n) is 0.443. The Morgan fingerprint density at radius 2 is 1.90 bits per heavy atom. The quantitative estimate of drug-likeness (QED) is 0.633. The molecule has 0 aromatic carbocycles. The standard InChI is InChI=1S/C5H5AsF3O/c7-5(8,9)4(10)6-3-1-2-3/h3H,1-2H2. The van der Waals surface area contributed by atoms with Crippen molar-refractivity contribution in [1.29, 1.82) is 0 Å². The molecule has 1 nitrogen and oxygen atoms in total. The van der Waals surface area contributed by atoms with Gasteiger partial charge in [-0.1, -0.05) is 0 Å². The topological polar surface area (TPSA) is 17.1 Å². The Kier molecular flexibility index (Phi) is 2.09. The number of rotatable bonds is 2. The molecule has 0 spiro atoms. The van der Waals surface area contributed by atoms with E-state index in [1.165, 1.54) is 0 Å². The predicted molar refractivity (Wildman–Crippen MR) is 29.8 cm³/mol. The normalized spacial score (nSPS) is 20.3. The van der Waals surface area contributed by atoms with E-state index < -0.39 is 26.5 Å². The van der Waals surface area contributed by atoms with Gasteiger partial charge in [0.15, 0.2) is 0 Å². The van der Waals surface area contributed by atoms with Crippen molar-refractivity contribution >= 4 is 20.3 Å². The predicted octanol–water partition coefficient (Wildman–Crippen LogP) is 1.36. The van der Waals surface area contributed by atoms with Gasteiger partial charge in [0.2, 0.25) is 0 Å². The molecule has 0 N–H and O–H groups in total. The van der Waals surface area contributed by atoms with Gasteiger partial charge in [0.25, 0.3) is 0 Å². The molecule has 1 fully saturated rings. The maximum absolute atomic E-state index is 11.5. The van der Waals surface area contributed by atoms with Crippen molar-refractivity contribution < 1.29 is 18.0 Å². The molecular formula is C5H5AsF3O. The molecule has 1 aliphatic rings. The summed E-state index contributed by atoms with van der Waals surface area (Å²) in [5.74, 6) is 0. The molecule has 1 rings (SSSR count). The van der Waals surface area contributed by atoms with E-state index in [0.29, 0.717) is 0 Å². The van der Waals surface area contributed by atoms with Gasteiger partial charge < -0.3 is 0 Å². The second-order valence-corrected chi connectivity index (χ2v) is 5.09. The molecule has 5 heteroatoms. The van der Waals surface area contributed by atoms with Gasteiger partial charge >= 0.3 is 62.0 Å². The Bertz CT molecular complexity index is 149. The Labute approximate surface area is 62.7 Å². The van der Waals surface area contributed by atoms with E-state index in [9.17, 15) is 18.0 Å². The number of carbonyl (C=O) groups excluding carboxylic acids is 1. The number of carbonyl (C=O) groups is 1. The van der Waals surface area contributed by atoms with Gasteiger partial charge in [-0.3, -0.25) is 0 Å². The van der Waals surface area contributed by atoms with Gasteiger partial charge in [0.1, 0.15) is 0 Å². The van der Waals surface area contributed by atoms with E-state index in [0.717, 1.165) is 12.8 Å². The first-order chi connectivity index (χ1) is 4.50. The zero-order valence-corrected chi connectivity index (χ0v) is 6.86. The number of halogens is 3. The van der Waals surface area contributed by atoms with Crippen molar-refractivity contribution in [3.63, 3.8) is 0 Å². The van der Waals surface area contributed by atoms with Crippen LogP contribution < -0.4 is 0 Å². The van der Waals surface area contributed by atoms with Crippen LogP contribution in [0.2, 0.25) is 4.71 Å². The number of alkyl halides is 3. The van der Waals surface area contributed by atoms with Crippen LogP contribution in [0.15, 0.2) is 0 Å². The molecule has 1 saturated carbocycles. The van der Waals surface area contributed by atoms with Crippen molar-refractivity contribution in [3.8, 4) is 0 Å². The minimum absolute atomic E-state index is 0.116. The average molecular weight is 213 g/mol. The van der Waals surface area contributed by atoms with E-state index in [1.54, 1.807) is 0 Å². The third-order valence-electron chi connectivity index (χ3n) is 1.09. The van der Waals surface area contributed by atoms with E-state index in [-0.39, 0.29) is 4.71 Å². The fraction of sp³-hybridized carbons (Fsp3) is 0.800. The Morgan fingerprint density at radius 3 is 2.20 bits per heavy atom. The summed E-state index contributed by atoms with van der Waals surface area (Å²) in [6.45, 7) is 0. The molecule has 0 saturated heterocycles. The van der Waals surface area contributed by atoms with Gasteiger partial charge in [-0.2, -0.15) is 0 Å². The summed E-state index contributed by atoms with van der Waals surface area (Å²) in [6, 6.07) is 0. The van der Waals surface area contributed by atoms with Crippen LogP contribution in [0.1, 0.15) is 12.8 Å². The van der Waals surface area contributed by atoms with E-state index in [4.69, 9.17) is 0 Å². The molecule has 0 unspecified atom stereocenters. The SMILES string of the molecule is O=C([As]C1CC1)C(F)(F)F. The molecule has 1 aliphatic carbocycles. The monoisotopic (exact) mass is 213 g/mol. The molecular weight excluding hydrogens is 208 g/mol. The van der Waals surface area contributed by atoms with Crippen LogP contribution in [-0.4, -0.2) is 26.5 Å². The van der Waals surface area contributed by atoms with E-state index >= 15 is 0 Å². The van der Waals surface area contributed by atoms with Crippen LogP contribution in [0.4, 0.5) is 13.2 Å². The molecule has 0 aromatic rings. The first kappa shape index (κ1) is 8.12. The van der Waals surface area contributed by atoms with Crippen LogP contribution in [0, 0.1) is 0 Å². The van der Waals surface area contributed by atoms with Gasteiger partial charge in [0.05, 0.1) is 0 Å². The van der Waals surface area contributed by atoms with Crippen molar-refractivity contribution in [1.82, 2.24) is 0 Å². The van der Waals surface area contributed by atoms with Crippen molar-refractivity contribution in [2.24, 2.45) is 0 Å². The van der Waals surface area contributed by atoms with Crippen LogP contribution in [0.25, 0.3) is 0 Å². The Hall–Kier alpha value is 0.0184. The molecule has 1 radical (unpaired) electrons. The second-order valence-electron chi connectivity index (χ2n) is 2.16. The minimum atomic E-state index is -4.57. The zero-order chi connectivity index (χ0) is 7.78. The van der Waals surface area contributed by atoms with Crippen molar-refractivity contribution in [3.05, 3.63) is 0 Å². The number of hydrogen-bond donors (Lipinski definition) is 0. The van der Waals surface area contributed by atoms with Crippen LogP contribution in [0.3, 0.4) is 0 Å². The third-order valence-corrected chi connectivity index (χ3v) is 3.96. The van der Waals surface area contributed by atoms with Gasteiger partial charge in [0, 0.05) is 0 Å². The summed E-state index contributed by atoms with van der Waals surface area (Å²) < 4.78 is 33.2. The summed E-state index contributed by atoms with van der Waals surface area (Å²) in [6.07, 6.45) is -2.92. The summed E-state index contributed by atoms with van der Waals surface area (Å²) in [5.41, 5.74) is 0. The first-order valence-corrected chi connectivity index (χ1v) is 4.84. The molecule has 57 valence electrons. The van der Waals surface area contributed by atoms with Crippen molar-refractivity contribution in [2.75, 3.05) is 0 Å². The second kappa shape index (κ2) is 2.57. The Balaban J connectivity index is 2.32. The van der Waals surface area contributed by atoms with Gasteiger partial charge in [-0.05, 0) is 0 Å². The summed E-state index contributed by atoms with van der Waals surface area (Å²) in [7, 11) is 0.